The van der Waals surface area contributed by atoms with Crippen LogP contribution in [0, 0.1) is 22.7 Å². The first-order valence-electron chi connectivity index (χ1n) is 3.24. The van der Waals surface area contributed by atoms with Gasteiger partial charge in [-0.15, -0.1) is 0 Å². The molecule has 0 amide bonds. The van der Waals surface area contributed by atoms with Crippen LogP contribution in [0.5, 0.6) is 0 Å². The number of imidazole rings is 1. The standard InChI is InChI=1S/C7H5FN4/c8-1-2-12-5-11-6(3-9)7(12)4-10/h5H,1-2H2. The average Bonchev–Trinajstić information content (AvgIpc) is 2.47. The quantitative estimate of drug-likeness (QED) is 0.642. The van der Waals surface area contributed by atoms with E-state index in [9.17, 15) is 4.39 Å². The third-order valence-electron chi connectivity index (χ3n) is 1.37. The second-order valence-corrected chi connectivity index (χ2v) is 2.05. The number of alkyl halides is 1. The second-order valence-electron chi connectivity index (χ2n) is 2.05. The lowest BCUT2D eigenvalue weighted by atomic mass is 10.3. The maximum atomic E-state index is 11.9. The molecule has 1 aromatic rings. The van der Waals surface area contributed by atoms with E-state index < -0.39 is 6.67 Å². The minimum absolute atomic E-state index is 0.0472. The van der Waals surface area contributed by atoms with Crippen molar-refractivity contribution >= 4 is 0 Å². The summed E-state index contributed by atoms with van der Waals surface area (Å²) in [5.74, 6) is 0. The Balaban J connectivity index is 3.09. The zero-order chi connectivity index (χ0) is 8.97. The van der Waals surface area contributed by atoms with Gasteiger partial charge >= 0.3 is 0 Å². The summed E-state index contributed by atoms with van der Waals surface area (Å²) >= 11 is 0. The Bertz CT molecular complexity index is 354. The topological polar surface area (TPSA) is 65.4 Å². The summed E-state index contributed by atoms with van der Waals surface area (Å²) in [5.41, 5.74) is 0.168. The first kappa shape index (κ1) is 8.22. The Kier molecular flexibility index (Phi) is 2.39. The Morgan fingerprint density at radius 1 is 1.50 bits per heavy atom. The largest absolute Gasteiger partial charge is 0.319 e. The van der Waals surface area contributed by atoms with Crippen LogP contribution in [0.3, 0.4) is 0 Å². The van der Waals surface area contributed by atoms with Crippen LogP contribution in [-0.4, -0.2) is 16.2 Å². The molecule has 0 atom stereocenters. The van der Waals surface area contributed by atoms with Crippen LogP contribution in [0.25, 0.3) is 0 Å². The van der Waals surface area contributed by atoms with Gasteiger partial charge in [0, 0.05) is 0 Å². The van der Waals surface area contributed by atoms with E-state index in [0.717, 1.165) is 0 Å². The van der Waals surface area contributed by atoms with Crippen LogP contribution in [0.1, 0.15) is 11.4 Å². The van der Waals surface area contributed by atoms with Crippen LogP contribution in [0.2, 0.25) is 0 Å². The van der Waals surface area contributed by atoms with E-state index in [1.54, 1.807) is 12.1 Å². The Morgan fingerprint density at radius 3 is 2.75 bits per heavy atom. The van der Waals surface area contributed by atoms with Gasteiger partial charge in [0.2, 0.25) is 0 Å². The summed E-state index contributed by atoms with van der Waals surface area (Å²) < 4.78 is 13.2. The highest BCUT2D eigenvalue weighted by atomic mass is 19.1. The molecule has 12 heavy (non-hydrogen) atoms. The smallest absolute Gasteiger partial charge is 0.176 e. The van der Waals surface area contributed by atoms with Gasteiger partial charge < -0.3 is 4.57 Å². The van der Waals surface area contributed by atoms with Crippen LogP contribution in [0.4, 0.5) is 4.39 Å². The fourth-order valence-corrected chi connectivity index (χ4v) is 0.842. The normalized spacial score (nSPS) is 8.92. The monoisotopic (exact) mass is 164 g/mol. The highest BCUT2D eigenvalue weighted by Gasteiger charge is 2.08. The summed E-state index contributed by atoms with van der Waals surface area (Å²) in [5, 5.41) is 17.0. The maximum absolute atomic E-state index is 11.9. The van der Waals surface area contributed by atoms with Crippen LogP contribution < -0.4 is 0 Å². The van der Waals surface area contributed by atoms with E-state index in [4.69, 9.17) is 10.5 Å². The molecule has 0 bridgehead atoms. The first-order valence-corrected chi connectivity index (χ1v) is 3.24. The molecule has 0 saturated heterocycles. The van der Waals surface area contributed by atoms with Gasteiger partial charge in [-0.25, -0.2) is 9.37 Å². The van der Waals surface area contributed by atoms with Gasteiger partial charge in [0.05, 0.1) is 12.9 Å². The van der Waals surface area contributed by atoms with Gasteiger partial charge in [-0.1, -0.05) is 0 Å². The van der Waals surface area contributed by atoms with Gasteiger partial charge in [-0.05, 0) is 0 Å². The molecule has 0 aliphatic carbocycles. The fourth-order valence-electron chi connectivity index (χ4n) is 0.842. The van der Waals surface area contributed by atoms with E-state index in [2.05, 4.69) is 4.98 Å². The Labute approximate surface area is 68.5 Å². The van der Waals surface area contributed by atoms with Crippen molar-refractivity contribution in [2.45, 2.75) is 6.54 Å². The molecule has 60 valence electrons. The molecule has 0 aromatic carbocycles. The van der Waals surface area contributed by atoms with Gasteiger partial charge in [-0.2, -0.15) is 10.5 Å². The van der Waals surface area contributed by atoms with Crippen LogP contribution in [-0.2, 0) is 6.54 Å². The van der Waals surface area contributed by atoms with Crippen molar-refractivity contribution in [3.63, 3.8) is 0 Å². The van der Waals surface area contributed by atoms with Gasteiger partial charge in [0.25, 0.3) is 0 Å². The molecule has 0 unspecified atom stereocenters. The number of hydrogen-bond donors (Lipinski definition) is 0. The van der Waals surface area contributed by atoms with Gasteiger partial charge in [0.1, 0.15) is 18.8 Å². The van der Waals surface area contributed by atoms with E-state index in [-0.39, 0.29) is 17.9 Å². The summed E-state index contributed by atoms with van der Waals surface area (Å²) in [6.07, 6.45) is 1.29. The number of nitrogens with zero attached hydrogens (tertiary/aromatic N) is 4. The molecular formula is C7H5FN4. The molecule has 5 heteroatoms. The van der Waals surface area contributed by atoms with Crippen molar-refractivity contribution in [3.8, 4) is 12.1 Å². The van der Waals surface area contributed by atoms with Crippen molar-refractivity contribution in [3.05, 3.63) is 17.7 Å². The third-order valence-corrected chi connectivity index (χ3v) is 1.37. The molecule has 0 aliphatic rings. The molecule has 0 radical (unpaired) electrons. The van der Waals surface area contributed by atoms with Gasteiger partial charge in [0.15, 0.2) is 11.4 Å². The second kappa shape index (κ2) is 3.49. The van der Waals surface area contributed by atoms with E-state index in [1.165, 1.54) is 10.9 Å². The number of rotatable bonds is 2. The summed E-state index contributed by atoms with van der Waals surface area (Å²) in [7, 11) is 0. The average molecular weight is 164 g/mol. The van der Waals surface area contributed by atoms with E-state index in [0.29, 0.717) is 0 Å². The SMILES string of the molecule is N#Cc1ncn(CCF)c1C#N. The molecule has 0 aliphatic heterocycles. The molecule has 0 fully saturated rings. The highest BCUT2D eigenvalue weighted by Crippen LogP contribution is 2.04. The summed E-state index contributed by atoms with van der Waals surface area (Å²) in [4.78, 5) is 3.64. The lowest BCUT2D eigenvalue weighted by Gasteiger charge is -1.96. The molecule has 0 saturated carbocycles. The number of halogens is 1. The zero-order valence-corrected chi connectivity index (χ0v) is 6.16. The third kappa shape index (κ3) is 1.25. The lowest BCUT2D eigenvalue weighted by Crippen LogP contribution is -2.00. The van der Waals surface area contributed by atoms with E-state index in [1.807, 2.05) is 0 Å². The zero-order valence-electron chi connectivity index (χ0n) is 6.16. The molecule has 1 aromatic heterocycles. The molecule has 4 nitrogen and oxygen atoms in total. The van der Waals surface area contributed by atoms with Crippen LogP contribution >= 0.6 is 0 Å². The van der Waals surface area contributed by atoms with Crippen molar-refractivity contribution in [2.24, 2.45) is 0 Å². The molecule has 1 heterocycles. The molecule has 1 rings (SSSR count). The van der Waals surface area contributed by atoms with Crippen molar-refractivity contribution in [2.75, 3.05) is 6.67 Å². The van der Waals surface area contributed by atoms with Crippen molar-refractivity contribution in [1.82, 2.24) is 9.55 Å². The Morgan fingerprint density at radius 2 is 2.25 bits per heavy atom. The fraction of sp³-hybridized carbons (Fsp3) is 0.286. The summed E-state index contributed by atoms with van der Waals surface area (Å²) in [6, 6.07) is 3.54. The number of nitriles is 2. The minimum Gasteiger partial charge on any atom is -0.319 e. The summed E-state index contributed by atoms with van der Waals surface area (Å²) in [6.45, 7) is -0.506. The highest BCUT2D eigenvalue weighted by molar-refractivity contribution is 5.35. The lowest BCUT2D eigenvalue weighted by molar-refractivity contribution is 0.444. The van der Waals surface area contributed by atoms with Gasteiger partial charge in [-0.3, -0.25) is 0 Å². The Hall–Kier alpha value is -1.88. The predicted octanol–water partition coefficient (Wildman–Crippen LogP) is 0.596. The number of aryl methyl sites for hydroxylation is 1. The number of hydrogen-bond acceptors (Lipinski definition) is 3. The predicted molar refractivity (Wildman–Crippen MR) is 37.6 cm³/mol. The van der Waals surface area contributed by atoms with E-state index >= 15 is 0 Å². The number of aromatic nitrogens is 2. The first-order chi connectivity index (χ1) is 5.83. The molecule has 0 N–H and O–H groups in total. The maximum Gasteiger partial charge on any atom is 0.176 e. The van der Waals surface area contributed by atoms with Crippen LogP contribution in [0.15, 0.2) is 6.33 Å². The van der Waals surface area contributed by atoms with Crippen molar-refractivity contribution in [1.29, 1.82) is 10.5 Å². The van der Waals surface area contributed by atoms with Crippen molar-refractivity contribution < 1.29 is 4.39 Å². The molecular weight excluding hydrogens is 159 g/mol. The minimum atomic E-state index is -0.574. The molecule has 0 spiro atoms.